The van der Waals surface area contributed by atoms with Crippen LogP contribution in [0.5, 0.6) is 5.75 Å². The van der Waals surface area contributed by atoms with Crippen LogP contribution >= 0.6 is 0 Å². The molecule has 30 heavy (non-hydrogen) atoms. The lowest BCUT2D eigenvalue weighted by Gasteiger charge is -2.18. The number of hydroxylamine groups is 1. The maximum atomic E-state index is 13.2. The molecule has 0 aromatic heterocycles. The van der Waals surface area contributed by atoms with E-state index in [1.165, 1.54) is 31.3 Å². The van der Waals surface area contributed by atoms with Gasteiger partial charge in [-0.15, -0.1) is 0 Å². The number of carbonyl (C=O) groups excluding carboxylic acids is 3. The first-order valence-corrected chi connectivity index (χ1v) is 8.95. The Morgan fingerprint density at radius 2 is 1.80 bits per heavy atom. The number of nitrogens with one attached hydrogen (secondary N) is 1. The number of hydrogen-bond donors (Lipinski definition) is 2. The molecule has 0 aliphatic carbocycles. The molecule has 0 saturated carbocycles. The van der Waals surface area contributed by atoms with Gasteiger partial charge in [0, 0.05) is 17.3 Å². The maximum Gasteiger partial charge on any atom is 0.340 e. The maximum absolute atomic E-state index is 13.2. The highest BCUT2D eigenvalue weighted by Gasteiger charge is 2.38. The standard InChI is InChI=1S/C22H20N2O6/c1-13-19(22(27)30-3)18(11-14-7-9-15(10-8-14)20(25)23-28)21(26)24(13)16-5-4-6-17(12-16)29-2/h4-12,28H,1-3H3,(H,23,25)/b18-11-. The number of esters is 1. The molecule has 0 unspecified atom stereocenters. The normalized spacial score (nSPS) is 14.9. The molecule has 2 N–H and O–H groups in total. The van der Waals surface area contributed by atoms with Crippen LogP contribution in [0.25, 0.3) is 6.08 Å². The Morgan fingerprint density at radius 1 is 1.10 bits per heavy atom. The summed E-state index contributed by atoms with van der Waals surface area (Å²) in [5, 5.41) is 8.72. The van der Waals surface area contributed by atoms with Gasteiger partial charge in [0.2, 0.25) is 0 Å². The topological polar surface area (TPSA) is 105 Å². The first-order valence-electron chi connectivity index (χ1n) is 8.95. The van der Waals surface area contributed by atoms with Crippen LogP contribution in [0.4, 0.5) is 5.69 Å². The average Bonchev–Trinajstić information content (AvgIpc) is 3.02. The Labute approximate surface area is 173 Å². The van der Waals surface area contributed by atoms with E-state index in [1.54, 1.807) is 54.9 Å². The fourth-order valence-electron chi connectivity index (χ4n) is 3.20. The van der Waals surface area contributed by atoms with Gasteiger partial charge >= 0.3 is 5.97 Å². The second-order valence-corrected chi connectivity index (χ2v) is 6.41. The Bertz CT molecular complexity index is 1070. The summed E-state index contributed by atoms with van der Waals surface area (Å²) in [7, 11) is 2.78. The third-order valence-electron chi connectivity index (χ3n) is 4.69. The number of hydrogen-bond acceptors (Lipinski definition) is 6. The number of ether oxygens (including phenoxy) is 2. The third kappa shape index (κ3) is 3.81. The summed E-state index contributed by atoms with van der Waals surface area (Å²) in [6.07, 6.45) is 1.55. The number of amides is 2. The molecule has 1 heterocycles. The van der Waals surface area contributed by atoms with E-state index in [-0.39, 0.29) is 16.7 Å². The van der Waals surface area contributed by atoms with Crippen LogP contribution in [0, 0.1) is 0 Å². The molecule has 0 spiro atoms. The number of rotatable bonds is 5. The van der Waals surface area contributed by atoms with E-state index >= 15 is 0 Å². The Hall–Kier alpha value is -3.91. The van der Waals surface area contributed by atoms with Gasteiger partial charge in [-0.3, -0.25) is 19.7 Å². The van der Waals surface area contributed by atoms with Crippen molar-refractivity contribution in [2.24, 2.45) is 0 Å². The summed E-state index contributed by atoms with van der Waals surface area (Å²) >= 11 is 0. The molecule has 0 atom stereocenters. The minimum atomic E-state index is -0.652. The fourth-order valence-corrected chi connectivity index (χ4v) is 3.20. The van der Waals surface area contributed by atoms with Crippen molar-refractivity contribution in [1.29, 1.82) is 0 Å². The summed E-state index contributed by atoms with van der Waals surface area (Å²) < 4.78 is 10.1. The van der Waals surface area contributed by atoms with Gasteiger partial charge in [0.1, 0.15) is 5.75 Å². The molecule has 2 aromatic carbocycles. The van der Waals surface area contributed by atoms with Crippen molar-refractivity contribution in [1.82, 2.24) is 5.48 Å². The van der Waals surface area contributed by atoms with Crippen molar-refractivity contribution in [3.05, 3.63) is 76.5 Å². The summed E-state index contributed by atoms with van der Waals surface area (Å²) in [5.74, 6) is -1.10. The zero-order chi connectivity index (χ0) is 21.8. The molecule has 1 aliphatic heterocycles. The zero-order valence-corrected chi connectivity index (χ0v) is 16.6. The van der Waals surface area contributed by atoms with Crippen molar-refractivity contribution < 1.29 is 29.1 Å². The second kappa shape index (κ2) is 8.62. The van der Waals surface area contributed by atoms with Gasteiger partial charge in [0.15, 0.2) is 0 Å². The van der Waals surface area contributed by atoms with E-state index in [2.05, 4.69) is 0 Å². The van der Waals surface area contributed by atoms with E-state index in [0.29, 0.717) is 22.7 Å². The highest BCUT2D eigenvalue weighted by Crippen LogP contribution is 2.36. The zero-order valence-electron chi connectivity index (χ0n) is 16.6. The second-order valence-electron chi connectivity index (χ2n) is 6.41. The molecule has 2 amide bonds. The van der Waals surface area contributed by atoms with Crippen LogP contribution < -0.4 is 15.1 Å². The summed E-state index contributed by atoms with van der Waals surface area (Å²) in [6.45, 7) is 1.67. The first-order chi connectivity index (χ1) is 14.4. The average molecular weight is 408 g/mol. The smallest absolute Gasteiger partial charge is 0.340 e. The largest absolute Gasteiger partial charge is 0.497 e. The molecular weight excluding hydrogens is 388 g/mol. The minimum Gasteiger partial charge on any atom is -0.497 e. The molecule has 0 saturated heterocycles. The van der Waals surface area contributed by atoms with Crippen molar-refractivity contribution >= 4 is 29.5 Å². The Kier molecular flexibility index (Phi) is 5.98. The van der Waals surface area contributed by atoms with Crippen LogP contribution in [0.3, 0.4) is 0 Å². The summed E-state index contributed by atoms with van der Waals surface area (Å²) in [6, 6.07) is 13.1. The third-order valence-corrected chi connectivity index (χ3v) is 4.69. The minimum absolute atomic E-state index is 0.155. The van der Waals surface area contributed by atoms with Gasteiger partial charge in [0.25, 0.3) is 11.8 Å². The van der Waals surface area contributed by atoms with Crippen molar-refractivity contribution in [3.8, 4) is 5.75 Å². The van der Waals surface area contributed by atoms with Gasteiger partial charge in [-0.05, 0) is 42.8 Å². The number of benzene rings is 2. The number of nitrogens with zero attached hydrogens (tertiary/aromatic N) is 1. The molecule has 154 valence electrons. The molecule has 1 aliphatic rings. The van der Waals surface area contributed by atoms with Gasteiger partial charge in [-0.2, -0.15) is 0 Å². The molecule has 2 aromatic rings. The van der Waals surface area contributed by atoms with Crippen LogP contribution in [0.2, 0.25) is 0 Å². The lowest BCUT2D eigenvalue weighted by atomic mass is 10.0. The SMILES string of the molecule is COC(=O)C1=C(C)N(c2cccc(OC)c2)C(=O)/C1=C\c1ccc(C(=O)NO)cc1. The summed E-state index contributed by atoms with van der Waals surface area (Å²) in [5.41, 5.74) is 3.70. The predicted molar refractivity (Wildman–Crippen MR) is 109 cm³/mol. The number of allylic oxidation sites excluding steroid dienone is 1. The molecule has 0 bridgehead atoms. The molecule has 3 rings (SSSR count). The van der Waals surface area contributed by atoms with Crippen LogP contribution in [0.15, 0.2) is 65.4 Å². The number of anilines is 1. The van der Waals surface area contributed by atoms with Crippen LogP contribution in [0.1, 0.15) is 22.8 Å². The highest BCUT2D eigenvalue weighted by molar-refractivity contribution is 6.23. The van der Waals surface area contributed by atoms with Gasteiger partial charge < -0.3 is 9.47 Å². The van der Waals surface area contributed by atoms with Crippen molar-refractivity contribution in [2.75, 3.05) is 19.1 Å². The Morgan fingerprint density at radius 3 is 2.40 bits per heavy atom. The monoisotopic (exact) mass is 408 g/mol. The lowest BCUT2D eigenvalue weighted by Crippen LogP contribution is -2.24. The van der Waals surface area contributed by atoms with E-state index in [4.69, 9.17) is 14.7 Å². The molecule has 8 heteroatoms. The molecular formula is C22H20N2O6. The van der Waals surface area contributed by atoms with Crippen molar-refractivity contribution in [2.45, 2.75) is 6.92 Å². The van der Waals surface area contributed by atoms with Gasteiger partial charge in [-0.1, -0.05) is 18.2 Å². The van der Waals surface area contributed by atoms with E-state index in [0.717, 1.165) is 0 Å². The lowest BCUT2D eigenvalue weighted by molar-refractivity contribution is -0.136. The predicted octanol–water partition coefficient (Wildman–Crippen LogP) is 2.69. The Balaban J connectivity index is 2.07. The molecule has 8 nitrogen and oxygen atoms in total. The van der Waals surface area contributed by atoms with E-state index in [9.17, 15) is 14.4 Å². The van der Waals surface area contributed by atoms with Crippen molar-refractivity contribution in [3.63, 3.8) is 0 Å². The van der Waals surface area contributed by atoms with Crippen LogP contribution in [-0.4, -0.2) is 37.2 Å². The van der Waals surface area contributed by atoms with E-state index in [1.807, 2.05) is 0 Å². The first kappa shape index (κ1) is 20.8. The highest BCUT2D eigenvalue weighted by atomic mass is 16.5. The van der Waals surface area contributed by atoms with Gasteiger partial charge in [-0.25, -0.2) is 10.3 Å². The number of carbonyl (C=O) groups is 3. The quantitative estimate of drug-likeness (QED) is 0.341. The van der Waals surface area contributed by atoms with Crippen LogP contribution in [-0.2, 0) is 14.3 Å². The van der Waals surface area contributed by atoms with E-state index < -0.39 is 17.8 Å². The molecule has 0 radical (unpaired) electrons. The summed E-state index contributed by atoms with van der Waals surface area (Å²) in [4.78, 5) is 38.6. The number of methoxy groups -OCH3 is 2. The van der Waals surface area contributed by atoms with Gasteiger partial charge in [0.05, 0.1) is 31.1 Å². The molecule has 0 fully saturated rings. The fraction of sp³-hybridized carbons (Fsp3) is 0.136.